The topological polar surface area (TPSA) is 185 Å². The highest BCUT2D eigenvalue weighted by Crippen LogP contribution is 2.44. The van der Waals surface area contributed by atoms with Crippen LogP contribution >= 0.6 is 0 Å². The second-order valence-corrected chi connectivity index (χ2v) is 9.22. The second-order valence-electron chi connectivity index (χ2n) is 9.22. The van der Waals surface area contributed by atoms with E-state index in [0.29, 0.717) is 11.1 Å². The van der Waals surface area contributed by atoms with Gasteiger partial charge in [0.05, 0.1) is 40.0 Å². The summed E-state index contributed by atoms with van der Waals surface area (Å²) in [6.45, 7) is -0.957. The fraction of sp³-hybridized carbons (Fsp3) is 0.500. The molecule has 38 heavy (non-hydrogen) atoms. The number of phenolic OH excluding ortho intramolecular Hbond substituents is 1. The molecule has 0 amide bonds. The molecule has 0 aromatic heterocycles. The summed E-state index contributed by atoms with van der Waals surface area (Å²) in [6, 6.07) is 9.70. The third kappa shape index (κ3) is 5.23. The Morgan fingerprint density at radius 3 is 2.18 bits per heavy atom. The van der Waals surface area contributed by atoms with Crippen molar-refractivity contribution in [2.75, 3.05) is 34.0 Å². The highest BCUT2D eigenvalue weighted by atomic mass is 16.7. The minimum Gasteiger partial charge on any atom is -0.504 e. The van der Waals surface area contributed by atoms with E-state index in [9.17, 15) is 35.4 Å². The zero-order valence-electron chi connectivity index (χ0n) is 20.8. The highest BCUT2D eigenvalue weighted by Gasteiger charge is 2.45. The van der Waals surface area contributed by atoms with Gasteiger partial charge in [-0.3, -0.25) is 4.79 Å². The summed E-state index contributed by atoms with van der Waals surface area (Å²) >= 11 is 0. The first-order valence-electron chi connectivity index (χ1n) is 12.0. The number of rotatable bonds is 9. The molecule has 2 heterocycles. The van der Waals surface area contributed by atoms with Gasteiger partial charge in [0.2, 0.25) is 6.29 Å². The number of ether oxygens (including phenoxy) is 5. The summed E-state index contributed by atoms with van der Waals surface area (Å²) in [7, 11) is 2.82. The average molecular weight is 537 g/mol. The van der Waals surface area contributed by atoms with Gasteiger partial charge in [-0.05, 0) is 35.4 Å². The van der Waals surface area contributed by atoms with Crippen molar-refractivity contribution in [3.05, 3.63) is 47.5 Å². The summed E-state index contributed by atoms with van der Waals surface area (Å²) in [5, 5.41) is 59.9. The van der Waals surface area contributed by atoms with Gasteiger partial charge in [0.1, 0.15) is 24.4 Å². The summed E-state index contributed by atoms with van der Waals surface area (Å²) in [4.78, 5) is 12.3. The summed E-state index contributed by atoms with van der Waals surface area (Å²) in [5.74, 6) is -1.71. The van der Waals surface area contributed by atoms with Crippen LogP contribution in [0, 0.1) is 11.8 Å². The largest absolute Gasteiger partial charge is 0.504 e. The normalized spacial score (nSPS) is 30.0. The number of carbonyl (C=O) groups is 1. The quantitative estimate of drug-likeness (QED) is 0.226. The zero-order valence-corrected chi connectivity index (χ0v) is 20.8. The van der Waals surface area contributed by atoms with Crippen molar-refractivity contribution < 1.29 is 59.1 Å². The molecule has 8 atom stereocenters. The van der Waals surface area contributed by atoms with Gasteiger partial charge in [-0.25, -0.2) is 0 Å². The lowest BCUT2D eigenvalue weighted by Gasteiger charge is -2.39. The second kappa shape index (κ2) is 11.7. The number of esters is 1. The number of hydrogen-bond donors (Lipinski definition) is 6. The SMILES string of the molecule is COc1cc(C(c2ccc(O[C@@H]3O[C@H](CO)[C@@H](O)[C@H](O)[C@H]3O)c(OC)c2)[C@@H]2COC(=O)[C@H]2CO)ccc1O. The maximum atomic E-state index is 12.3. The lowest BCUT2D eigenvalue weighted by molar-refractivity contribution is -0.277. The van der Waals surface area contributed by atoms with E-state index >= 15 is 0 Å². The molecule has 0 saturated carbocycles. The Labute approximate surface area is 218 Å². The van der Waals surface area contributed by atoms with E-state index < -0.39 is 67.6 Å². The van der Waals surface area contributed by atoms with Crippen LogP contribution in [0.2, 0.25) is 0 Å². The zero-order chi connectivity index (χ0) is 27.6. The van der Waals surface area contributed by atoms with Crippen molar-refractivity contribution >= 4 is 5.97 Å². The first kappa shape index (κ1) is 27.9. The van der Waals surface area contributed by atoms with Gasteiger partial charge in [0.25, 0.3) is 0 Å². The van der Waals surface area contributed by atoms with Crippen LogP contribution < -0.4 is 14.2 Å². The molecule has 12 heteroatoms. The number of aromatic hydroxyl groups is 1. The third-order valence-corrected chi connectivity index (χ3v) is 7.06. The number of cyclic esters (lactones) is 1. The molecule has 2 fully saturated rings. The lowest BCUT2D eigenvalue weighted by atomic mass is 9.75. The maximum absolute atomic E-state index is 12.3. The Morgan fingerprint density at radius 1 is 0.895 bits per heavy atom. The Kier molecular flexibility index (Phi) is 8.61. The van der Waals surface area contributed by atoms with Gasteiger partial charge in [-0.15, -0.1) is 0 Å². The van der Waals surface area contributed by atoms with Gasteiger partial charge in [0, 0.05) is 11.8 Å². The number of benzene rings is 2. The number of carbonyl (C=O) groups excluding carboxylic acids is 1. The van der Waals surface area contributed by atoms with E-state index in [0.717, 1.165) is 0 Å². The molecule has 2 saturated heterocycles. The van der Waals surface area contributed by atoms with Crippen molar-refractivity contribution in [1.82, 2.24) is 0 Å². The molecular weight excluding hydrogens is 504 g/mol. The van der Waals surface area contributed by atoms with E-state index in [1.54, 1.807) is 30.3 Å². The molecule has 2 aliphatic rings. The van der Waals surface area contributed by atoms with Gasteiger partial charge in [-0.1, -0.05) is 12.1 Å². The van der Waals surface area contributed by atoms with Crippen LogP contribution in [0.15, 0.2) is 36.4 Å². The number of aliphatic hydroxyl groups is 5. The molecule has 2 aromatic rings. The van der Waals surface area contributed by atoms with E-state index in [4.69, 9.17) is 23.7 Å². The Morgan fingerprint density at radius 2 is 1.55 bits per heavy atom. The van der Waals surface area contributed by atoms with Crippen LogP contribution in [-0.2, 0) is 14.3 Å². The maximum Gasteiger partial charge on any atom is 0.311 e. The molecule has 0 bridgehead atoms. The molecule has 0 spiro atoms. The van der Waals surface area contributed by atoms with Crippen LogP contribution in [0.4, 0.5) is 0 Å². The van der Waals surface area contributed by atoms with Crippen LogP contribution in [0.5, 0.6) is 23.0 Å². The molecule has 208 valence electrons. The molecule has 12 nitrogen and oxygen atoms in total. The smallest absolute Gasteiger partial charge is 0.311 e. The van der Waals surface area contributed by atoms with E-state index in [2.05, 4.69) is 0 Å². The predicted molar refractivity (Wildman–Crippen MR) is 129 cm³/mol. The van der Waals surface area contributed by atoms with Gasteiger partial charge >= 0.3 is 5.97 Å². The van der Waals surface area contributed by atoms with Gasteiger partial charge in [-0.2, -0.15) is 0 Å². The van der Waals surface area contributed by atoms with Gasteiger partial charge < -0.3 is 54.3 Å². The fourth-order valence-electron chi connectivity index (χ4n) is 4.95. The molecule has 0 aliphatic carbocycles. The summed E-state index contributed by atoms with van der Waals surface area (Å²) < 4.78 is 27.2. The van der Waals surface area contributed by atoms with E-state index in [1.165, 1.54) is 20.3 Å². The van der Waals surface area contributed by atoms with Crippen molar-refractivity contribution in [3.8, 4) is 23.0 Å². The number of aliphatic hydroxyl groups excluding tert-OH is 5. The molecule has 6 N–H and O–H groups in total. The highest BCUT2D eigenvalue weighted by molar-refractivity contribution is 5.75. The summed E-state index contributed by atoms with van der Waals surface area (Å²) in [5.41, 5.74) is 1.35. The molecule has 4 rings (SSSR count). The predicted octanol–water partition coefficient (Wildman–Crippen LogP) is -0.499. The van der Waals surface area contributed by atoms with Gasteiger partial charge in [0.15, 0.2) is 23.0 Å². The Bertz CT molecular complexity index is 1120. The minimum absolute atomic E-state index is 0.0589. The molecule has 2 aliphatic heterocycles. The first-order valence-corrected chi connectivity index (χ1v) is 12.0. The van der Waals surface area contributed by atoms with Crippen molar-refractivity contribution in [1.29, 1.82) is 0 Å². The standard InChI is InChI=1S/C26H32O12/c1-34-18-7-12(3-5-16(18)29)21(15-11-36-25(33)14(15)9-27)13-4-6-17(19(8-13)35-2)37-26-24(32)23(31)22(30)20(10-28)38-26/h3-8,14-15,20-24,26-32H,9-11H2,1-2H3/t14-,15+,20+,21?,22+,23-,24+,26+/m0/s1. The molecule has 1 unspecified atom stereocenters. The van der Waals surface area contributed by atoms with Crippen LogP contribution in [0.3, 0.4) is 0 Å². The Hall–Kier alpha value is -3.13. The number of hydrogen-bond acceptors (Lipinski definition) is 12. The minimum atomic E-state index is -1.61. The van der Waals surface area contributed by atoms with Crippen molar-refractivity contribution in [2.24, 2.45) is 11.8 Å². The van der Waals surface area contributed by atoms with Crippen LogP contribution in [0.1, 0.15) is 17.0 Å². The summed E-state index contributed by atoms with van der Waals surface area (Å²) in [6.07, 6.45) is -7.31. The number of phenols is 1. The molecule has 0 radical (unpaired) electrons. The number of methoxy groups -OCH3 is 2. The Balaban J connectivity index is 1.71. The monoisotopic (exact) mass is 536 g/mol. The lowest BCUT2D eigenvalue weighted by Crippen LogP contribution is -2.60. The van der Waals surface area contributed by atoms with E-state index in [-0.39, 0.29) is 29.6 Å². The molecule has 2 aromatic carbocycles. The van der Waals surface area contributed by atoms with E-state index in [1.807, 2.05) is 0 Å². The first-order chi connectivity index (χ1) is 18.2. The van der Waals surface area contributed by atoms with Crippen LogP contribution in [0.25, 0.3) is 0 Å². The van der Waals surface area contributed by atoms with Crippen molar-refractivity contribution in [2.45, 2.75) is 36.6 Å². The molecular formula is C26H32O12. The average Bonchev–Trinajstić information content (AvgIpc) is 3.30. The third-order valence-electron chi connectivity index (χ3n) is 7.06. The van der Waals surface area contributed by atoms with Crippen LogP contribution in [-0.4, -0.2) is 101 Å². The van der Waals surface area contributed by atoms with Crippen molar-refractivity contribution in [3.63, 3.8) is 0 Å². The fourth-order valence-corrected chi connectivity index (χ4v) is 4.95.